The average molecular weight is 485 g/mol. The van der Waals surface area contributed by atoms with Gasteiger partial charge in [0.05, 0.1) is 33.0 Å². The van der Waals surface area contributed by atoms with Gasteiger partial charge in [-0.05, 0) is 18.6 Å². The molecular weight excluding hydrogens is 456 g/mol. The Morgan fingerprint density at radius 3 is 2.15 bits per heavy atom. The summed E-state index contributed by atoms with van der Waals surface area (Å²) in [6.45, 7) is 8.19. The van der Waals surface area contributed by atoms with E-state index < -0.39 is 0 Å². The Morgan fingerprint density at radius 2 is 1.50 bits per heavy atom. The second kappa shape index (κ2) is 11.0. The first-order valence-electron chi connectivity index (χ1n) is 11.4. The van der Waals surface area contributed by atoms with Gasteiger partial charge in [0.1, 0.15) is 12.1 Å². The lowest BCUT2D eigenvalue weighted by molar-refractivity contribution is 0.121. The molecule has 0 aliphatic carbocycles. The minimum Gasteiger partial charge on any atom is -0.492 e. The molecule has 0 saturated carbocycles. The van der Waals surface area contributed by atoms with E-state index >= 15 is 0 Å². The number of morpholine rings is 2. The molecule has 2 aromatic heterocycles. The molecule has 0 spiro atoms. The highest BCUT2D eigenvalue weighted by Crippen LogP contribution is 2.20. The van der Waals surface area contributed by atoms with Crippen LogP contribution in [0.1, 0.15) is 5.56 Å². The first kappa shape index (κ1) is 22.8. The van der Waals surface area contributed by atoms with Crippen LogP contribution < -0.4 is 14.5 Å². The number of thioether (sulfide) groups is 1. The summed E-state index contributed by atoms with van der Waals surface area (Å²) in [5, 5.41) is 5.24. The quantitative estimate of drug-likeness (QED) is 0.344. The number of rotatable bonds is 8. The lowest BCUT2D eigenvalue weighted by Crippen LogP contribution is -2.40. The van der Waals surface area contributed by atoms with Gasteiger partial charge in [-0.15, -0.1) is 5.10 Å². The third-order valence-corrected chi connectivity index (χ3v) is 6.35. The molecule has 0 amide bonds. The van der Waals surface area contributed by atoms with E-state index in [1.54, 1.807) is 11.0 Å². The molecule has 11 nitrogen and oxygen atoms in total. The Balaban J connectivity index is 1.29. The van der Waals surface area contributed by atoms with Crippen LogP contribution in [0.25, 0.3) is 5.95 Å². The fourth-order valence-electron chi connectivity index (χ4n) is 3.67. The predicted molar refractivity (Wildman–Crippen MR) is 128 cm³/mol. The molecule has 2 aliphatic heterocycles. The van der Waals surface area contributed by atoms with Crippen LogP contribution in [0.4, 0.5) is 11.9 Å². The molecular formula is C22H28N8O3S. The summed E-state index contributed by atoms with van der Waals surface area (Å²) < 4.78 is 18.5. The molecule has 0 unspecified atom stereocenters. The van der Waals surface area contributed by atoms with Crippen LogP contribution in [0.15, 0.2) is 35.7 Å². The van der Waals surface area contributed by atoms with Crippen molar-refractivity contribution in [1.29, 1.82) is 0 Å². The first-order valence-corrected chi connectivity index (χ1v) is 12.4. The highest BCUT2D eigenvalue weighted by molar-refractivity contribution is 7.99. The van der Waals surface area contributed by atoms with Gasteiger partial charge in [0, 0.05) is 31.9 Å². The number of benzene rings is 1. The molecule has 1 aromatic carbocycles. The van der Waals surface area contributed by atoms with Gasteiger partial charge in [0.2, 0.25) is 17.1 Å². The molecule has 2 saturated heterocycles. The SMILES string of the molecule is Cc1ccccc1OCCSc1ncn(-c2nc(N3CCOCC3)nc(N3CCOCC3)n2)n1. The van der Waals surface area contributed by atoms with Crippen molar-refractivity contribution in [3.8, 4) is 11.7 Å². The molecule has 2 aliphatic rings. The van der Waals surface area contributed by atoms with Gasteiger partial charge < -0.3 is 24.0 Å². The maximum atomic E-state index is 5.87. The number of para-hydroxylation sites is 1. The Hall–Kier alpha value is -2.96. The van der Waals surface area contributed by atoms with Crippen LogP contribution in [0.5, 0.6) is 5.75 Å². The fourth-order valence-corrected chi connectivity index (χ4v) is 4.29. The molecule has 34 heavy (non-hydrogen) atoms. The molecule has 0 bridgehead atoms. The van der Waals surface area contributed by atoms with Gasteiger partial charge in [-0.1, -0.05) is 30.0 Å². The van der Waals surface area contributed by atoms with E-state index in [0.29, 0.717) is 56.0 Å². The Labute approximate surface area is 202 Å². The summed E-state index contributed by atoms with van der Waals surface area (Å²) in [7, 11) is 0. The molecule has 4 heterocycles. The molecule has 0 radical (unpaired) electrons. The van der Waals surface area contributed by atoms with Gasteiger partial charge in [-0.3, -0.25) is 0 Å². The van der Waals surface area contributed by atoms with Crippen molar-refractivity contribution in [3.05, 3.63) is 36.2 Å². The topological polar surface area (TPSA) is 104 Å². The van der Waals surface area contributed by atoms with E-state index in [4.69, 9.17) is 29.2 Å². The minimum atomic E-state index is 0.452. The van der Waals surface area contributed by atoms with Crippen molar-refractivity contribution >= 4 is 23.7 Å². The molecule has 180 valence electrons. The summed E-state index contributed by atoms with van der Waals surface area (Å²) in [6, 6.07) is 8.00. The summed E-state index contributed by atoms with van der Waals surface area (Å²) in [5.74, 6) is 3.34. The first-order chi connectivity index (χ1) is 16.8. The standard InChI is InChI=1S/C22H28N8O3S/c1-17-4-2-3-5-18(17)33-14-15-34-22-23-16-30(27-22)21-25-19(28-6-10-31-11-7-28)24-20(26-21)29-8-12-32-13-9-29/h2-5,16H,6-15H2,1H3. The normalized spacial score (nSPS) is 16.6. The van der Waals surface area contributed by atoms with Gasteiger partial charge in [-0.25, -0.2) is 4.98 Å². The molecule has 5 rings (SSSR count). The minimum absolute atomic E-state index is 0.452. The molecule has 0 atom stereocenters. The zero-order valence-corrected chi connectivity index (χ0v) is 20.0. The lowest BCUT2D eigenvalue weighted by Gasteiger charge is -2.30. The van der Waals surface area contributed by atoms with Crippen molar-refractivity contribution in [2.24, 2.45) is 0 Å². The van der Waals surface area contributed by atoms with Crippen LogP contribution in [0, 0.1) is 6.92 Å². The lowest BCUT2D eigenvalue weighted by atomic mass is 10.2. The second-order valence-corrected chi connectivity index (χ2v) is 8.93. The van der Waals surface area contributed by atoms with Gasteiger partial charge in [-0.2, -0.15) is 19.6 Å². The zero-order valence-electron chi connectivity index (χ0n) is 19.2. The molecule has 2 fully saturated rings. The van der Waals surface area contributed by atoms with E-state index in [1.165, 1.54) is 11.8 Å². The third kappa shape index (κ3) is 5.57. The summed E-state index contributed by atoms with van der Waals surface area (Å²) in [5.41, 5.74) is 1.12. The van der Waals surface area contributed by atoms with Gasteiger partial charge in [0.25, 0.3) is 5.95 Å². The molecule has 0 N–H and O–H groups in total. The van der Waals surface area contributed by atoms with Crippen molar-refractivity contribution < 1.29 is 14.2 Å². The Kier molecular flexibility index (Phi) is 7.37. The number of aromatic nitrogens is 6. The fraction of sp³-hybridized carbons (Fsp3) is 0.500. The van der Waals surface area contributed by atoms with Gasteiger partial charge >= 0.3 is 0 Å². The highest BCUT2D eigenvalue weighted by Gasteiger charge is 2.21. The van der Waals surface area contributed by atoms with Crippen molar-refractivity contribution in [1.82, 2.24) is 29.7 Å². The van der Waals surface area contributed by atoms with Crippen LogP contribution in [-0.2, 0) is 9.47 Å². The maximum Gasteiger partial charge on any atom is 0.258 e. The van der Waals surface area contributed by atoms with E-state index in [0.717, 1.165) is 43.2 Å². The van der Waals surface area contributed by atoms with Crippen LogP contribution >= 0.6 is 11.8 Å². The summed E-state index contributed by atoms with van der Waals surface area (Å²) in [4.78, 5) is 22.8. The summed E-state index contributed by atoms with van der Waals surface area (Å²) in [6.07, 6.45) is 1.64. The van der Waals surface area contributed by atoms with E-state index in [2.05, 4.69) is 19.9 Å². The Bertz CT molecular complexity index is 1050. The molecule has 12 heteroatoms. The number of ether oxygens (including phenoxy) is 3. The number of hydrogen-bond acceptors (Lipinski definition) is 11. The predicted octanol–water partition coefficient (Wildman–Crippen LogP) is 1.61. The number of hydrogen-bond donors (Lipinski definition) is 0. The van der Waals surface area contributed by atoms with Crippen LogP contribution in [-0.4, -0.2) is 94.7 Å². The summed E-state index contributed by atoms with van der Waals surface area (Å²) >= 11 is 1.53. The number of aryl methyl sites for hydroxylation is 1. The van der Waals surface area contributed by atoms with Crippen molar-refractivity contribution in [3.63, 3.8) is 0 Å². The largest absolute Gasteiger partial charge is 0.492 e. The van der Waals surface area contributed by atoms with E-state index in [1.807, 2.05) is 31.2 Å². The van der Waals surface area contributed by atoms with Crippen LogP contribution in [0.3, 0.4) is 0 Å². The number of anilines is 2. The highest BCUT2D eigenvalue weighted by atomic mass is 32.2. The van der Waals surface area contributed by atoms with Crippen molar-refractivity contribution in [2.75, 3.05) is 74.8 Å². The van der Waals surface area contributed by atoms with Crippen molar-refractivity contribution in [2.45, 2.75) is 12.1 Å². The third-order valence-electron chi connectivity index (χ3n) is 5.53. The van der Waals surface area contributed by atoms with Gasteiger partial charge in [0.15, 0.2) is 0 Å². The van der Waals surface area contributed by atoms with Crippen LogP contribution in [0.2, 0.25) is 0 Å². The smallest absolute Gasteiger partial charge is 0.258 e. The Morgan fingerprint density at radius 1 is 0.882 bits per heavy atom. The average Bonchev–Trinajstić information content (AvgIpc) is 3.37. The molecule has 3 aromatic rings. The van der Waals surface area contributed by atoms with E-state index in [9.17, 15) is 0 Å². The second-order valence-electron chi connectivity index (χ2n) is 7.87. The maximum absolute atomic E-state index is 5.87. The zero-order chi connectivity index (χ0) is 23.2. The van der Waals surface area contributed by atoms with E-state index in [-0.39, 0.29) is 0 Å². The monoisotopic (exact) mass is 484 g/mol. The number of nitrogens with zero attached hydrogens (tertiary/aromatic N) is 8.